The van der Waals surface area contributed by atoms with Crippen LogP contribution in [0.2, 0.25) is 5.02 Å². The summed E-state index contributed by atoms with van der Waals surface area (Å²) in [5.41, 5.74) is 0.985. The van der Waals surface area contributed by atoms with Crippen LogP contribution in [0.25, 0.3) is 0 Å². The first-order valence-corrected chi connectivity index (χ1v) is 8.04. The number of nitrogens with zero attached hydrogens (tertiary/aromatic N) is 1. The van der Waals surface area contributed by atoms with Crippen LogP contribution >= 0.6 is 27.5 Å². The summed E-state index contributed by atoms with van der Waals surface area (Å²) in [7, 11) is 1.75. The van der Waals surface area contributed by atoms with Crippen molar-refractivity contribution in [1.29, 1.82) is 0 Å². The summed E-state index contributed by atoms with van der Waals surface area (Å²) in [6, 6.07) is 14.9. The van der Waals surface area contributed by atoms with Gasteiger partial charge in [-0.15, -0.1) is 0 Å². The number of ether oxygens (including phenoxy) is 1. The molecule has 0 saturated carbocycles. The first-order valence-electron chi connectivity index (χ1n) is 6.87. The molecule has 116 valence electrons. The van der Waals surface area contributed by atoms with E-state index in [1.807, 2.05) is 48.5 Å². The van der Waals surface area contributed by atoms with E-state index < -0.39 is 6.10 Å². The lowest BCUT2D eigenvalue weighted by Crippen LogP contribution is -2.37. The molecule has 0 aromatic heterocycles. The maximum Gasteiger partial charge on any atom is 0.263 e. The molecular formula is C17H17BrClNO2. The fourth-order valence-corrected chi connectivity index (χ4v) is 2.54. The van der Waals surface area contributed by atoms with E-state index in [0.717, 1.165) is 10.0 Å². The van der Waals surface area contributed by atoms with E-state index in [2.05, 4.69) is 15.9 Å². The molecule has 2 aromatic carbocycles. The molecule has 0 saturated heterocycles. The van der Waals surface area contributed by atoms with E-state index in [-0.39, 0.29) is 5.91 Å². The molecular weight excluding hydrogens is 366 g/mol. The van der Waals surface area contributed by atoms with Gasteiger partial charge in [-0.05, 0) is 48.9 Å². The summed E-state index contributed by atoms with van der Waals surface area (Å²) in [5, 5.41) is 0.664. The smallest absolute Gasteiger partial charge is 0.263 e. The van der Waals surface area contributed by atoms with Crippen molar-refractivity contribution in [2.75, 3.05) is 7.05 Å². The van der Waals surface area contributed by atoms with Crippen LogP contribution in [0.5, 0.6) is 5.75 Å². The van der Waals surface area contributed by atoms with Crippen molar-refractivity contribution in [3.8, 4) is 5.75 Å². The highest BCUT2D eigenvalue weighted by atomic mass is 79.9. The van der Waals surface area contributed by atoms with Crippen LogP contribution in [0, 0.1) is 0 Å². The van der Waals surface area contributed by atoms with Gasteiger partial charge in [0.15, 0.2) is 6.10 Å². The van der Waals surface area contributed by atoms with Crippen molar-refractivity contribution < 1.29 is 9.53 Å². The van der Waals surface area contributed by atoms with Crippen molar-refractivity contribution >= 4 is 33.4 Å². The van der Waals surface area contributed by atoms with Gasteiger partial charge < -0.3 is 9.64 Å². The normalized spacial score (nSPS) is 11.8. The highest BCUT2D eigenvalue weighted by Gasteiger charge is 2.19. The predicted octanol–water partition coefficient (Wildman–Crippen LogP) is 4.53. The standard InChI is InChI=1S/C17H17BrClNO2/c1-12(22-16-8-6-14(18)7-9-16)17(21)20(2)11-13-4-3-5-15(19)10-13/h3-10,12H,11H2,1-2H3. The number of hydrogen-bond acceptors (Lipinski definition) is 2. The molecule has 0 fully saturated rings. The van der Waals surface area contributed by atoms with Crippen molar-refractivity contribution in [3.05, 3.63) is 63.6 Å². The van der Waals surface area contributed by atoms with Gasteiger partial charge in [-0.25, -0.2) is 0 Å². The van der Waals surface area contributed by atoms with Gasteiger partial charge in [0.1, 0.15) is 5.75 Å². The average molecular weight is 383 g/mol. The molecule has 5 heteroatoms. The Bertz CT molecular complexity index is 645. The zero-order valence-corrected chi connectivity index (χ0v) is 14.8. The first-order chi connectivity index (χ1) is 10.5. The Morgan fingerprint density at radius 3 is 2.59 bits per heavy atom. The van der Waals surface area contributed by atoms with Crippen LogP contribution in [0.1, 0.15) is 12.5 Å². The van der Waals surface area contributed by atoms with Gasteiger partial charge in [0.05, 0.1) is 0 Å². The summed E-state index contributed by atoms with van der Waals surface area (Å²) < 4.78 is 6.64. The second-order valence-corrected chi connectivity index (χ2v) is 6.39. The summed E-state index contributed by atoms with van der Waals surface area (Å²) >= 11 is 9.32. The quantitative estimate of drug-likeness (QED) is 0.760. The SMILES string of the molecule is CC(Oc1ccc(Br)cc1)C(=O)N(C)Cc1cccc(Cl)c1. The maximum atomic E-state index is 12.4. The summed E-state index contributed by atoms with van der Waals surface area (Å²) in [4.78, 5) is 14.0. The summed E-state index contributed by atoms with van der Waals surface area (Å²) in [6.07, 6.45) is -0.551. The van der Waals surface area contributed by atoms with E-state index in [4.69, 9.17) is 16.3 Å². The second kappa shape index (κ2) is 7.65. The minimum atomic E-state index is -0.551. The second-order valence-electron chi connectivity index (χ2n) is 5.04. The Kier molecular flexibility index (Phi) is 5.86. The van der Waals surface area contributed by atoms with E-state index in [1.54, 1.807) is 18.9 Å². The minimum absolute atomic E-state index is 0.0807. The molecule has 0 N–H and O–H groups in total. The average Bonchev–Trinajstić information content (AvgIpc) is 2.48. The Morgan fingerprint density at radius 1 is 1.27 bits per heavy atom. The predicted molar refractivity (Wildman–Crippen MR) is 92.2 cm³/mol. The number of benzene rings is 2. The third-order valence-corrected chi connectivity index (χ3v) is 3.92. The van der Waals surface area contributed by atoms with Gasteiger partial charge in [0, 0.05) is 23.1 Å². The Balaban J connectivity index is 1.96. The van der Waals surface area contributed by atoms with Gasteiger partial charge in [0.2, 0.25) is 0 Å². The van der Waals surface area contributed by atoms with Crippen molar-refractivity contribution in [3.63, 3.8) is 0 Å². The molecule has 0 heterocycles. The molecule has 2 aromatic rings. The number of likely N-dealkylation sites (N-methyl/N-ethyl adjacent to an activating group) is 1. The minimum Gasteiger partial charge on any atom is -0.481 e. The molecule has 0 aliphatic carbocycles. The highest BCUT2D eigenvalue weighted by Crippen LogP contribution is 2.18. The summed E-state index contributed by atoms with van der Waals surface area (Å²) in [6.45, 7) is 2.24. The van der Waals surface area contributed by atoms with Crippen LogP contribution in [0.3, 0.4) is 0 Å². The lowest BCUT2D eigenvalue weighted by molar-refractivity contribution is -0.137. The van der Waals surface area contributed by atoms with Crippen LogP contribution in [0.15, 0.2) is 53.0 Å². The number of halogens is 2. The number of carbonyl (C=O) groups is 1. The molecule has 2 rings (SSSR count). The summed E-state index contributed by atoms with van der Waals surface area (Å²) in [5.74, 6) is 0.586. The first kappa shape index (κ1) is 16.8. The molecule has 22 heavy (non-hydrogen) atoms. The Hall–Kier alpha value is -1.52. The topological polar surface area (TPSA) is 29.5 Å². The van der Waals surface area contributed by atoms with E-state index in [1.165, 1.54) is 0 Å². The van der Waals surface area contributed by atoms with Gasteiger partial charge in [-0.2, -0.15) is 0 Å². The van der Waals surface area contributed by atoms with Crippen LogP contribution in [0.4, 0.5) is 0 Å². The fraction of sp³-hybridized carbons (Fsp3) is 0.235. The molecule has 0 aliphatic rings. The van der Waals surface area contributed by atoms with Crippen LogP contribution < -0.4 is 4.74 Å². The van der Waals surface area contributed by atoms with Gasteiger partial charge >= 0.3 is 0 Å². The van der Waals surface area contributed by atoms with Crippen LogP contribution in [-0.2, 0) is 11.3 Å². The largest absolute Gasteiger partial charge is 0.481 e. The fourth-order valence-electron chi connectivity index (χ4n) is 2.07. The number of amides is 1. The third kappa shape index (κ3) is 4.75. The lowest BCUT2D eigenvalue weighted by atomic mass is 10.2. The Morgan fingerprint density at radius 2 is 1.95 bits per heavy atom. The van der Waals surface area contributed by atoms with Crippen molar-refractivity contribution in [2.45, 2.75) is 19.6 Å². The van der Waals surface area contributed by atoms with E-state index >= 15 is 0 Å². The molecule has 0 aliphatic heterocycles. The lowest BCUT2D eigenvalue weighted by Gasteiger charge is -2.22. The van der Waals surface area contributed by atoms with E-state index in [9.17, 15) is 4.79 Å². The molecule has 1 unspecified atom stereocenters. The molecule has 1 amide bonds. The van der Waals surface area contributed by atoms with Crippen molar-refractivity contribution in [1.82, 2.24) is 4.90 Å². The molecule has 0 spiro atoms. The zero-order chi connectivity index (χ0) is 16.1. The van der Waals surface area contributed by atoms with Crippen molar-refractivity contribution in [2.24, 2.45) is 0 Å². The monoisotopic (exact) mass is 381 g/mol. The third-order valence-electron chi connectivity index (χ3n) is 3.16. The van der Waals surface area contributed by atoms with Crippen LogP contribution in [-0.4, -0.2) is 24.0 Å². The molecule has 0 radical (unpaired) electrons. The highest BCUT2D eigenvalue weighted by molar-refractivity contribution is 9.10. The number of carbonyl (C=O) groups excluding carboxylic acids is 1. The van der Waals surface area contributed by atoms with E-state index in [0.29, 0.717) is 17.3 Å². The molecule has 0 bridgehead atoms. The van der Waals surface area contributed by atoms with Gasteiger partial charge in [-0.1, -0.05) is 39.7 Å². The zero-order valence-electron chi connectivity index (χ0n) is 12.4. The van der Waals surface area contributed by atoms with Gasteiger partial charge in [0.25, 0.3) is 5.91 Å². The number of hydrogen-bond donors (Lipinski definition) is 0. The number of rotatable bonds is 5. The van der Waals surface area contributed by atoms with Gasteiger partial charge in [-0.3, -0.25) is 4.79 Å². The molecule has 3 nitrogen and oxygen atoms in total. The Labute approximate surface area is 144 Å². The molecule has 1 atom stereocenters. The maximum absolute atomic E-state index is 12.4.